The third-order valence-electron chi connectivity index (χ3n) is 6.42. The highest BCUT2D eigenvalue weighted by Crippen LogP contribution is 2.37. The van der Waals surface area contributed by atoms with Crippen LogP contribution in [-0.2, 0) is 26.2 Å². The van der Waals surface area contributed by atoms with Crippen LogP contribution in [0.1, 0.15) is 90.0 Å². The van der Waals surface area contributed by atoms with E-state index in [0.717, 1.165) is 23.1 Å². The summed E-state index contributed by atoms with van der Waals surface area (Å²) in [6.07, 6.45) is 5.08. The minimum atomic E-state index is -1.34. The molecule has 2 rings (SSSR count). The van der Waals surface area contributed by atoms with E-state index in [9.17, 15) is 14.7 Å². The maximum absolute atomic E-state index is 12.4. The average Bonchev–Trinajstić information content (AvgIpc) is 2.88. The first-order valence-electron chi connectivity index (χ1n) is 13.0. The molecule has 0 spiro atoms. The fraction of sp³-hybridized carbons (Fsp3) is 0.419. The molecule has 0 radical (unpaired) electrons. The Labute approximate surface area is 237 Å². The van der Waals surface area contributed by atoms with Gasteiger partial charge in [-0.2, -0.15) is 0 Å². The topological polar surface area (TPSA) is 115 Å². The fourth-order valence-corrected chi connectivity index (χ4v) is 4.45. The Kier molecular flexibility index (Phi) is 12.1. The molecule has 2 aromatic rings. The molecule has 1 aromatic carbocycles. The number of benzene rings is 1. The zero-order chi connectivity index (χ0) is 30.1. The highest BCUT2D eigenvalue weighted by atomic mass is 35.5. The van der Waals surface area contributed by atoms with E-state index in [1.165, 1.54) is 6.26 Å². The molecule has 0 saturated carbocycles. The Morgan fingerprint density at radius 3 is 2.33 bits per heavy atom. The number of aryl methyl sites for hydroxylation is 2. The van der Waals surface area contributed by atoms with Gasteiger partial charge in [-0.05, 0) is 83.2 Å². The van der Waals surface area contributed by atoms with Crippen LogP contribution < -0.4 is 5.73 Å². The second-order valence-electron chi connectivity index (χ2n) is 9.94. The number of aliphatic carboxylic acids is 1. The van der Waals surface area contributed by atoms with Crippen LogP contribution in [0.25, 0.3) is 5.57 Å². The van der Waals surface area contributed by atoms with E-state index in [1.807, 2.05) is 52.0 Å². The van der Waals surface area contributed by atoms with Crippen LogP contribution in [0.4, 0.5) is 5.82 Å². The highest BCUT2D eigenvalue weighted by molar-refractivity contribution is 6.30. The van der Waals surface area contributed by atoms with Gasteiger partial charge in [0.05, 0.1) is 11.7 Å². The van der Waals surface area contributed by atoms with Gasteiger partial charge < -0.3 is 20.4 Å². The molecule has 1 heterocycles. The number of ether oxygens (including phenoxy) is 1. The number of aldehydes is 1. The number of hydrogen-bond donors (Lipinski definition) is 2. The number of halogens is 1. The third-order valence-corrected chi connectivity index (χ3v) is 6.66. The Morgan fingerprint density at radius 1 is 1.23 bits per heavy atom. The number of hydrogen-bond acceptors (Lipinski definition) is 6. The van der Waals surface area contributed by atoms with Crippen molar-refractivity contribution in [2.24, 2.45) is 5.41 Å². The maximum Gasteiger partial charge on any atom is 0.309 e. The van der Waals surface area contributed by atoms with E-state index < -0.39 is 16.8 Å². The summed E-state index contributed by atoms with van der Waals surface area (Å²) in [6.45, 7) is 20.3. The molecule has 1 unspecified atom stereocenters. The zero-order valence-electron chi connectivity index (χ0n) is 24.6. The second-order valence-corrected chi connectivity index (χ2v) is 10.4. The summed E-state index contributed by atoms with van der Waals surface area (Å²) in [5, 5.41) is 10.0. The number of carbonyl (C=O) groups excluding carboxylic acids is 1. The predicted molar refractivity (Wildman–Crippen MR) is 160 cm³/mol. The van der Waals surface area contributed by atoms with Crippen LogP contribution >= 0.6 is 11.6 Å². The molecule has 0 amide bonds. The lowest BCUT2D eigenvalue weighted by molar-refractivity contribution is -0.146. The maximum atomic E-state index is 12.4. The predicted octanol–water partition coefficient (Wildman–Crippen LogP) is 7.45. The fourth-order valence-electron chi connectivity index (χ4n) is 4.25. The number of anilines is 1. The molecule has 8 heteroatoms. The van der Waals surface area contributed by atoms with Gasteiger partial charge in [0.15, 0.2) is 5.82 Å². The lowest BCUT2D eigenvalue weighted by Crippen LogP contribution is -2.30. The van der Waals surface area contributed by atoms with Crippen molar-refractivity contribution in [1.82, 2.24) is 9.97 Å². The minimum absolute atomic E-state index is 0.123. The van der Waals surface area contributed by atoms with E-state index in [-0.39, 0.29) is 18.0 Å². The number of carboxylic acids is 1. The van der Waals surface area contributed by atoms with Gasteiger partial charge >= 0.3 is 5.97 Å². The molecule has 0 saturated heterocycles. The number of rotatable bonds is 11. The Morgan fingerprint density at radius 2 is 1.85 bits per heavy atom. The van der Waals surface area contributed by atoms with E-state index in [1.54, 1.807) is 34.6 Å². The third kappa shape index (κ3) is 7.79. The van der Waals surface area contributed by atoms with Gasteiger partial charge in [0.2, 0.25) is 0 Å². The van der Waals surface area contributed by atoms with Crippen molar-refractivity contribution in [3.8, 4) is 0 Å². The van der Waals surface area contributed by atoms with Gasteiger partial charge in [-0.3, -0.25) is 4.79 Å². The summed E-state index contributed by atoms with van der Waals surface area (Å²) in [5.74, 6) is -0.216. The number of allylic oxidation sites excluding steroid dienone is 3. The smallest absolute Gasteiger partial charge is 0.309 e. The number of aromatic nitrogens is 2. The second kappa shape index (κ2) is 14.1. The summed E-state index contributed by atoms with van der Waals surface area (Å²) < 4.78 is 5.74. The van der Waals surface area contributed by atoms with Crippen molar-refractivity contribution in [2.75, 3.05) is 5.73 Å². The molecule has 7 nitrogen and oxygen atoms in total. The van der Waals surface area contributed by atoms with Crippen LogP contribution in [0.5, 0.6) is 0 Å². The number of nitrogens with zero attached hydrogens (tertiary/aromatic N) is 2. The van der Waals surface area contributed by atoms with Crippen LogP contribution in [0.2, 0.25) is 5.02 Å². The lowest BCUT2D eigenvalue weighted by atomic mass is 9.81. The molecule has 0 aliphatic rings. The van der Waals surface area contributed by atoms with Crippen molar-refractivity contribution in [1.29, 1.82) is 0 Å². The Balaban J connectivity index is 0.00000371. The summed E-state index contributed by atoms with van der Waals surface area (Å²) in [6, 6.07) is 5.68. The molecule has 1 aromatic heterocycles. The molecule has 39 heavy (non-hydrogen) atoms. The summed E-state index contributed by atoms with van der Waals surface area (Å²) in [4.78, 5) is 33.1. The van der Waals surface area contributed by atoms with Crippen molar-refractivity contribution >= 4 is 35.2 Å². The van der Waals surface area contributed by atoms with E-state index in [4.69, 9.17) is 27.1 Å². The van der Waals surface area contributed by atoms with Gasteiger partial charge in [0, 0.05) is 21.9 Å². The largest absolute Gasteiger partial charge is 0.481 e. The molecule has 0 fully saturated rings. The van der Waals surface area contributed by atoms with Gasteiger partial charge in [-0.15, -0.1) is 0 Å². The van der Waals surface area contributed by atoms with Crippen molar-refractivity contribution in [2.45, 2.75) is 80.6 Å². The Hall–Kier alpha value is -3.45. The first kappa shape index (κ1) is 33.6. The first-order valence-corrected chi connectivity index (χ1v) is 13.4. The standard InChI is InChI=1S/C29H36ClN3O4.C2H6/c1-9-20-13-21(30)11-12-23(20)22(10-2)26-32-18(4)24(25(31)33-26)29(8,16-34)19(5)37-15-17(3)14-28(6,7)27(35)36;1-2/h10-13,15-16H,5,9,14H2,1-4,6-8H3,(H,35,36)(H2,31,32,33);1-2H3/b17-15+,22-10+;. The van der Waals surface area contributed by atoms with E-state index in [0.29, 0.717) is 34.0 Å². The number of nitrogens with two attached hydrogens (primary N) is 1. The van der Waals surface area contributed by atoms with Gasteiger partial charge in [-0.1, -0.05) is 51.1 Å². The van der Waals surface area contributed by atoms with Crippen LogP contribution in [0, 0.1) is 12.3 Å². The minimum Gasteiger partial charge on any atom is -0.481 e. The summed E-state index contributed by atoms with van der Waals surface area (Å²) >= 11 is 6.19. The molecular formula is C31H42ClN3O4. The quantitative estimate of drug-likeness (QED) is 0.218. The average molecular weight is 556 g/mol. The van der Waals surface area contributed by atoms with Crippen molar-refractivity contribution in [3.63, 3.8) is 0 Å². The summed E-state index contributed by atoms with van der Waals surface area (Å²) in [5.41, 5.74) is 8.54. The van der Waals surface area contributed by atoms with Gasteiger partial charge in [-0.25, -0.2) is 9.97 Å². The zero-order valence-corrected chi connectivity index (χ0v) is 25.4. The molecule has 0 aliphatic heterocycles. The van der Waals surface area contributed by atoms with E-state index >= 15 is 0 Å². The molecule has 3 N–H and O–H groups in total. The monoisotopic (exact) mass is 555 g/mol. The van der Waals surface area contributed by atoms with Gasteiger partial charge in [0.25, 0.3) is 0 Å². The normalized spacial score (nSPS) is 13.6. The highest BCUT2D eigenvalue weighted by Gasteiger charge is 2.37. The van der Waals surface area contributed by atoms with Crippen molar-refractivity contribution in [3.05, 3.63) is 81.7 Å². The summed E-state index contributed by atoms with van der Waals surface area (Å²) in [7, 11) is 0. The van der Waals surface area contributed by atoms with Gasteiger partial charge in [0.1, 0.15) is 23.3 Å². The molecule has 0 aliphatic carbocycles. The lowest BCUT2D eigenvalue weighted by Gasteiger charge is -2.28. The van der Waals surface area contributed by atoms with E-state index in [2.05, 4.69) is 11.6 Å². The van der Waals surface area contributed by atoms with Crippen molar-refractivity contribution < 1.29 is 19.4 Å². The number of nitrogen functional groups attached to an aromatic ring is 1. The SMILES string of the molecule is C=C(O/C=C(\C)CC(C)(C)C(=O)O)C(C)(C=O)c1c(C)nc(/C(=C/C)c2ccc(Cl)cc2CC)nc1N.CC. The van der Waals surface area contributed by atoms with Crippen LogP contribution in [0.15, 0.2) is 48.4 Å². The molecule has 0 bridgehead atoms. The number of carbonyl (C=O) groups is 2. The molecule has 212 valence electrons. The van der Waals surface area contributed by atoms with Crippen LogP contribution in [-0.4, -0.2) is 27.3 Å². The Bertz CT molecular complexity index is 1260. The number of carboxylic acid groups (broad SMARTS) is 1. The molecular weight excluding hydrogens is 514 g/mol. The first-order chi connectivity index (χ1) is 18.2. The van der Waals surface area contributed by atoms with Crippen LogP contribution in [0.3, 0.4) is 0 Å². The molecule has 1 atom stereocenters.